The van der Waals surface area contributed by atoms with Crippen LogP contribution in [-0.2, 0) is 14.3 Å². The third kappa shape index (κ3) is 3.98. The zero-order valence-electron chi connectivity index (χ0n) is 15.5. The summed E-state index contributed by atoms with van der Waals surface area (Å²) in [6.45, 7) is 0.158. The number of methoxy groups -OCH3 is 1. The Morgan fingerprint density at radius 3 is 2.00 bits per heavy atom. The number of esters is 1. The van der Waals surface area contributed by atoms with E-state index in [1.807, 2.05) is 60.7 Å². The van der Waals surface area contributed by atoms with Crippen molar-refractivity contribution < 1.29 is 24.2 Å². The molecule has 3 rings (SSSR count). The van der Waals surface area contributed by atoms with Crippen molar-refractivity contribution in [3.8, 4) is 0 Å². The van der Waals surface area contributed by atoms with Gasteiger partial charge in [-0.15, -0.1) is 0 Å². The van der Waals surface area contributed by atoms with Crippen LogP contribution in [0.1, 0.15) is 12.8 Å². The first-order valence-corrected chi connectivity index (χ1v) is 9.04. The molecule has 1 saturated heterocycles. The molecule has 2 unspecified atom stereocenters. The lowest BCUT2D eigenvalue weighted by molar-refractivity contribution is -0.151. The highest BCUT2D eigenvalue weighted by molar-refractivity contribution is 6.01. The second kappa shape index (κ2) is 8.56. The number of carbonyl (C=O) groups is 3. The molecule has 7 nitrogen and oxygen atoms in total. The molecule has 2 amide bonds. The second-order valence-corrected chi connectivity index (χ2v) is 6.58. The Morgan fingerprint density at radius 1 is 1.00 bits per heavy atom. The fourth-order valence-electron chi connectivity index (χ4n) is 3.43. The topological polar surface area (TPSA) is 87.1 Å². The Bertz CT molecular complexity index is 801. The number of anilines is 2. The molecule has 1 fully saturated rings. The molecule has 0 saturated carbocycles. The van der Waals surface area contributed by atoms with E-state index in [4.69, 9.17) is 4.74 Å². The number of nitrogens with zero attached hydrogens (tertiary/aromatic N) is 2. The first-order chi connectivity index (χ1) is 13.5. The Kier molecular flexibility index (Phi) is 5.93. The molecule has 146 valence electrons. The van der Waals surface area contributed by atoms with Gasteiger partial charge in [-0.2, -0.15) is 0 Å². The minimum Gasteiger partial charge on any atom is -0.481 e. The first-order valence-electron chi connectivity index (χ1n) is 9.04. The minimum absolute atomic E-state index is 0.0329. The van der Waals surface area contributed by atoms with Crippen molar-refractivity contribution in [2.45, 2.75) is 18.9 Å². The van der Waals surface area contributed by atoms with Gasteiger partial charge < -0.3 is 14.7 Å². The quantitative estimate of drug-likeness (QED) is 0.820. The number of carbonyl (C=O) groups excluding carboxylic acids is 2. The summed E-state index contributed by atoms with van der Waals surface area (Å²) >= 11 is 0. The smallest absolute Gasteiger partial charge is 0.329 e. The van der Waals surface area contributed by atoms with E-state index in [-0.39, 0.29) is 19.4 Å². The number of urea groups is 1. The number of ether oxygens (including phenoxy) is 1. The highest BCUT2D eigenvalue weighted by Crippen LogP contribution is 2.31. The van der Waals surface area contributed by atoms with E-state index >= 15 is 0 Å². The lowest BCUT2D eigenvalue weighted by Crippen LogP contribution is -2.55. The van der Waals surface area contributed by atoms with Crippen LogP contribution >= 0.6 is 0 Å². The summed E-state index contributed by atoms with van der Waals surface area (Å²) in [5.74, 6) is -2.26. The van der Waals surface area contributed by atoms with E-state index in [0.717, 1.165) is 0 Å². The number of para-hydroxylation sites is 2. The number of carboxylic acids is 1. The summed E-state index contributed by atoms with van der Waals surface area (Å²) in [5.41, 5.74) is 1.31. The van der Waals surface area contributed by atoms with E-state index < -0.39 is 29.9 Å². The van der Waals surface area contributed by atoms with Gasteiger partial charge in [0.2, 0.25) is 0 Å². The molecule has 2 aromatic rings. The van der Waals surface area contributed by atoms with Crippen molar-refractivity contribution in [2.24, 2.45) is 5.92 Å². The van der Waals surface area contributed by atoms with Gasteiger partial charge >= 0.3 is 18.0 Å². The van der Waals surface area contributed by atoms with Crippen molar-refractivity contribution in [1.29, 1.82) is 0 Å². The van der Waals surface area contributed by atoms with E-state index in [0.29, 0.717) is 11.4 Å². The Morgan fingerprint density at radius 2 is 1.54 bits per heavy atom. The maximum absolute atomic E-state index is 13.5. The average Bonchev–Trinajstić information content (AvgIpc) is 2.74. The van der Waals surface area contributed by atoms with Crippen molar-refractivity contribution in [2.75, 3.05) is 18.6 Å². The van der Waals surface area contributed by atoms with E-state index in [1.54, 1.807) is 0 Å². The third-order valence-corrected chi connectivity index (χ3v) is 4.89. The molecule has 0 aliphatic carbocycles. The highest BCUT2D eigenvalue weighted by atomic mass is 16.5. The van der Waals surface area contributed by atoms with Crippen molar-refractivity contribution in [1.82, 2.24) is 4.90 Å². The van der Waals surface area contributed by atoms with Crippen molar-refractivity contribution in [3.05, 3.63) is 60.7 Å². The van der Waals surface area contributed by atoms with Crippen LogP contribution in [0.4, 0.5) is 16.2 Å². The van der Waals surface area contributed by atoms with Crippen LogP contribution in [-0.4, -0.2) is 47.7 Å². The van der Waals surface area contributed by atoms with Crippen LogP contribution in [0, 0.1) is 5.92 Å². The molecule has 2 atom stereocenters. The van der Waals surface area contributed by atoms with Crippen molar-refractivity contribution >= 4 is 29.3 Å². The number of aliphatic carboxylic acids is 1. The average molecular weight is 382 g/mol. The summed E-state index contributed by atoms with van der Waals surface area (Å²) in [6.07, 6.45) is 0.317. The Hall–Kier alpha value is -3.35. The molecule has 1 N–H and O–H groups in total. The lowest BCUT2D eigenvalue weighted by atomic mass is 9.91. The molecule has 0 bridgehead atoms. The molecule has 1 aliphatic rings. The predicted octanol–water partition coefficient (Wildman–Crippen LogP) is 3.28. The summed E-state index contributed by atoms with van der Waals surface area (Å²) in [7, 11) is 1.24. The molecule has 0 radical (unpaired) electrons. The molecular formula is C21H22N2O5. The molecule has 2 aromatic carbocycles. The number of amides is 2. The number of hydrogen-bond donors (Lipinski definition) is 1. The third-order valence-electron chi connectivity index (χ3n) is 4.89. The number of hydrogen-bond acceptors (Lipinski definition) is 4. The maximum Gasteiger partial charge on any atom is 0.329 e. The van der Waals surface area contributed by atoms with Crippen LogP contribution in [0.5, 0.6) is 0 Å². The largest absolute Gasteiger partial charge is 0.481 e. The maximum atomic E-state index is 13.5. The van der Waals surface area contributed by atoms with Crippen LogP contribution in [0.2, 0.25) is 0 Å². The van der Waals surface area contributed by atoms with Gasteiger partial charge in [0.1, 0.15) is 6.04 Å². The van der Waals surface area contributed by atoms with Gasteiger partial charge in [-0.25, -0.2) is 9.59 Å². The molecule has 0 aromatic heterocycles. The van der Waals surface area contributed by atoms with Gasteiger partial charge in [-0.05, 0) is 37.1 Å². The molecule has 1 heterocycles. The normalized spacial score (nSPS) is 19.0. The number of likely N-dealkylation sites (tertiary alicyclic amines) is 1. The Balaban J connectivity index is 1.97. The Labute approximate surface area is 163 Å². The number of rotatable bonds is 4. The summed E-state index contributed by atoms with van der Waals surface area (Å²) in [4.78, 5) is 40.2. The second-order valence-electron chi connectivity index (χ2n) is 6.58. The lowest BCUT2D eigenvalue weighted by Gasteiger charge is -2.39. The monoisotopic (exact) mass is 382 g/mol. The molecule has 1 aliphatic heterocycles. The first kappa shape index (κ1) is 19.4. The summed E-state index contributed by atoms with van der Waals surface area (Å²) < 4.78 is 4.85. The number of piperidine rings is 1. The van der Waals surface area contributed by atoms with Gasteiger partial charge in [0.05, 0.1) is 24.4 Å². The zero-order valence-corrected chi connectivity index (χ0v) is 15.5. The van der Waals surface area contributed by atoms with Gasteiger partial charge in [0.15, 0.2) is 0 Å². The molecule has 7 heteroatoms. The van der Waals surface area contributed by atoms with E-state index in [1.165, 1.54) is 16.9 Å². The van der Waals surface area contributed by atoms with Crippen LogP contribution in [0.25, 0.3) is 0 Å². The SMILES string of the molecule is COC(=O)C1CC(C(=O)O)CCN1C(=O)N(c1ccccc1)c1ccccc1. The molecular weight excluding hydrogens is 360 g/mol. The summed E-state index contributed by atoms with van der Waals surface area (Å²) in [6, 6.07) is 16.9. The summed E-state index contributed by atoms with van der Waals surface area (Å²) in [5, 5.41) is 9.33. The fourth-order valence-corrected chi connectivity index (χ4v) is 3.43. The van der Waals surface area contributed by atoms with E-state index in [2.05, 4.69) is 0 Å². The predicted molar refractivity (Wildman–Crippen MR) is 103 cm³/mol. The van der Waals surface area contributed by atoms with Crippen LogP contribution in [0.3, 0.4) is 0 Å². The standard InChI is InChI=1S/C21H22N2O5/c1-28-20(26)18-14-15(19(24)25)12-13-22(18)21(27)23(16-8-4-2-5-9-16)17-10-6-3-7-11-17/h2-11,15,18H,12-14H2,1H3,(H,24,25). The number of benzene rings is 2. The van der Waals surface area contributed by atoms with Gasteiger partial charge in [-0.3, -0.25) is 9.69 Å². The fraction of sp³-hybridized carbons (Fsp3) is 0.286. The van der Waals surface area contributed by atoms with E-state index in [9.17, 15) is 19.5 Å². The highest BCUT2D eigenvalue weighted by Gasteiger charge is 2.41. The van der Waals surface area contributed by atoms with Gasteiger partial charge in [0, 0.05) is 6.54 Å². The van der Waals surface area contributed by atoms with Gasteiger partial charge in [-0.1, -0.05) is 36.4 Å². The molecule has 0 spiro atoms. The van der Waals surface area contributed by atoms with Crippen molar-refractivity contribution in [3.63, 3.8) is 0 Å². The molecule has 28 heavy (non-hydrogen) atoms. The van der Waals surface area contributed by atoms with Gasteiger partial charge in [0.25, 0.3) is 0 Å². The number of carboxylic acid groups (broad SMARTS) is 1. The zero-order chi connectivity index (χ0) is 20.1. The minimum atomic E-state index is -0.969. The van der Waals surface area contributed by atoms with Crippen LogP contribution in [0.15, 0.2) is 60.7 Å². The van der Waals surface area contributed by atoms with Crippen LogP contribution < -0.4 is 4.90 Å².